The molecule has 3 rings (SSSR count). The van der Waals surface area contributed by atoms with Crippen LogP contribution in [0.4, 0.5) is 0 Å². The minimum Gasteiger partial charge on any atom is -0.357 e. The van der Waals surface area contributed by atoms with E-state index in [1.807, 2.05) is 17.9 Å². The van der Waals surface area contributed by atoms with Gasteiger partial charge in [-0.3, -0.25) is 9.67 Å². The summed E-state index contributed by atoms with van der Waals surface area (Å²) in [5.41, 5.74) is 1.56. The summed E-state index contributed by atoms with van der Waals surface area (Å²) in [5, 5.41) is 7.84. The first kappa shape index (κ1) is 21.8. The topological polar surface area (TPSA) is 48.7 Å². The monoisotopic (exact) mass is 492 g/mol. The maximum Gasteiger partial charge on any atom is 0.194 e. The van der Waals surface area contributed by atoms with Crippen LogP contribution in [0.15, 0.2) is 17.4 Å². The van der Waals surface area contributed by atoms with E-state index in [0.29, 0.717) is 5.92 Å². The number of likely N-dealkylation sites (tertiary alicyclic amines) is 1. The van der Waals surface area contributed by atoms with Crippen LogP contribution in [0.3, 0.4) is 0 Å². The van der Waals surface area contributed by atoms with Crippen LogP contribution in [0.25, 0.3) is 0 Å². The third-order valence-corrected chi connectivity index (χ3v) is 6.81. The van der Waals surface area contributed by atoms with Gasteiger partial charge in [0.1, 0.15) is 0 Å². The summed E-state index contributed by atoms with van der Waals surface area (Å²) >= 11 is 2.05. The fourth-order valence-electron chi connectivity index (χ4n) is 3.74. The normalized spacial score (nSPS) is 26.4. The maximum absolute atomic E-state index is 5.06. The number of nitrogens with zero attached hydrogens (tertiary/aromatic N) is 5. The van der Waals surface area contributed by atoms with Crippen molar-refractivity contribution in [3.05, 3.63) is 18.0 Å². The SMILES string of the molecule is CCNC(=NCC1(N(C)C)CCSC1)N1CCC(c2cnn(C)c2)C1.I. The molecular formula is C18H33IN6S. The zero-order valence-electron chi connectivity index (χ0n) is 16.4. The van der Waals surface area contributed by atoms with Crippen LogP contribution in [0, 0.1) is 0 Å². The molecular weight excluding hydrogens is 459 g/mol. The molecule has 0 radical (unpaired) electrons. The number of likely N-dealkylation sites (N-methyl/N-ethyl adjacent to an activating group) is 1. The molecule has 2 aliphatic heterocycles. The van der Waals surface area contributed by atoms with Crippen molar-refractivity contribution in [2.75, 3.05) is 51.8 Å². The van der Waals surface area contributed by atoms with Gasteiger partial charge in [-0.15, -0.1) is 24.0 Å². The Bertz CT molecular complexity index is 596. The molecule has 0 bridgehead atoms. The van der Waals surface area contributed by atoms with Crippen molar-refractivity contribution >= 4 is 41.7 Å². The van der Waals surface area contributed by atoms with Gasteiger partial charge in [-0.25, -0.2) is 0 Å². The van der Waals surface area contributed by atoms with E-state index in [1.54, 1.807) is 0 Å². The Morgan fingerprint density at radius 3 is 2.88 bits per heavy atom. The van der Waals surface area contributed by atoms with Crippen LogP contribution < -0.4 is 5.32 Å². The highest BCUT2D eigenvalue weighted by Crippen LogP contribution is 2.32. The van der Waals surface area contributed by atoms with E-state index in [1.165, 1.54) is 29.9 Å². The molecule has 26 heavy (non-hydrogen) atoms. The summed E-state index contributed by atoms with van der Waals surface area (Å²) in [7, 11) is 6.38. The quantitative estimate of drug-likeness (QED) is 0.388. The van der Waals surface area contributed by atoms with Gasteiger partial charge in [0.25, 0.3) is 0 Å². The number of hydrogen-bond acceptors (Lipinski definition) is 4. The van der Waals surface area contributed by atoms with Crippen LogP contribution >= 0.6 is 35.7 Å². The number of rotatable bonds is 5. The molecule has 0 amide bonds. The zero-order chi connectivity index (χ0) is 17.9. The van der Waals surface area contributed by atoms with E-state index < -0.39 is 0 Å². The number of aliphatic imine (C=N–C) groups is 1. The standard InChI is InChI=1S/C18H32N6S.HI/c1-5-19-17(20-13-18(22(2)3)7-9-25-14-18)24-8-6-15(12-24)16-10-21-23(4)11-16;/h10-11,15H,5-9,12-14H2,1-4H3,(H,19,20);1H. The smallest absolute Gasteiger partial charge is 0.194 e. The first-order chi connectivity index (χ1) is 12.0. The molecule has 0 saturated carbocycles. The van der Waals surface area contributed by atoms with Crippen molar-refractivity contribution in [3.63, 3.8) is 0 Å². The third kappa shape index (κ3) is 4.86. The number of hydrogen-bond donors (Lipinski definition) is 1. The van der Waals surface area contributed by atoms with E-state index in [2.05, 4.69) is 59.2 Å². The van der Waals surface area contributed by atoms with E-state index in [0.717, 1.165) is 32.1 Å². The molecule has 2 unspecified atom stereocenters. The predicted octanol–water partition coefficient (Wildman–Crippen LogP) is 2.23. The summed E-state index contributed by atoms with van der Waals surface area (Å²) in [6, 6.07) is 0. The van der Waals surface area contributed by atoms with Crippen molar-refractivity contribution < 1.29 is 0 Å². The molecule has 1 N–H and O–H groups in total. The Hall–Kier alpha value is -0.480. The van der Waals surface area contributed by atoms with Crippen molar-refractivity contribution in [1.82, 2.24) is 24.9 Å². The van der Waals surface area contributed by atoms with Gasteiger partial charge in [0.2, 0.25) is 0 Å². The Morgan fingerprint density at radius 1 is 1.50 bits per heavy atom. The van der Waals surface area contributed by atoms with Crippen LogP contribution in [0.1, 0.15) is 31.2 Å². The third-order valence-electron chi connectivity index (χ3n) is 5.57. The molecule has 0 aromatic carbocycles. The molecule has 2 fully saturated rings. The summed E-state index contributed by atoms with van der Waals surface area (Å²) < 4.78 is 1.90. The fraction of sp³-hybridized carbons (Fsp3) is 0.778. The second kappa shape index (κ2) is 9.64. The average molecular weight is 492 g/mol. The molecule has 0 aliphatic carbocycles. The summed E-state index contributed by atoms with van der Waals surface area (Å²) in [6.07, 6.45) is 6.56. The van der Waals surface area contributed by atoms with E-state index >= 15 is 0 Å². The molecule has 148 valence electrons. The van der Waals surface area contributed by atoms with Gasteiger partial charge in [0.15, 0.2) is 5.96 Å². The lowest BCUT2D eigenvalue weighted by atomic mass is 9.98. The lowest BCUT2D eigenvalue weighted by Gasteiger charge is -2.34. The molecule has 1 aromatic rings. The largest absolute Gasteiger partial charge is 0.357 e. The van der Waals surface area contributed by atoms with Gasteiger partial charge in [-0.1, -0.05) is 0 Å². The summed E-state index contributed by atoms with van der Waals surface area (Å²) in [4.78, 5) is 9.86. The Balaban J connectivity index is 0.00000243. The van der Waals surface area contributed by atoms with Gasteiger partial charge < -0.3 is 15.1 Å². The van der Waals surface area contributed by atoms with Crippen LogP contribution in [-0.2, 0) is 7.05 Å². The number of halogens is 1. The van der Waals surface area contributed by atoms with Crippen molar-refractivity contribution in [3.8, 4) is 0 Å². The van der Waals surface area contributed by atoms with Crippen LogP contribution in [-0.4, -0.2) is 82.9 Å². The minimum absolute atomic E-state index is 0. The molecule has 2 saturated heterocycles. The van der Waals surface area contributed by atoms with E-state index in [-0.39, 0.29) is 29.5 Å². The number of guanidine groups is 1. The van der Waals surface area contributed by atoms with Gasteiger partial charge >= 0.3 is 0 Å². The molecule has 3 heterocycles. The summed E-state index contributed by atoms with van der Waals surface area (Å²) in [5.74, 6) is 4.06. The van der Waals surface area contributed by atoms with Gasteiger partial charge in [-0.2, -0.15) is 16.9 Å². The van der Waals surface area contributed by atoms with Gasteiger partial charge in [0.05, 0.1) is 12.7 Å². The fourth-order valence-corrected chi connectivity index (χ4v) is 5.28. The highest BCUT2D eigenvalue weighted by atomic mass is 127. The van der Waals surface area contributed by atoms with Crippen LogP contribution in [0.2, 0.25) is 0 Å². The van der Waals surface area contributed by atoms with Crippen molar-refractivity contribution in [2.45, 2.75) is 31.2 Å². The second-order valence-electron chi connectivity index (χ2n) is 7.47. The van der Waals surface area contributed by atoms with Gasteiger partial charge in [-0.05, 0) is 45.2 Å². The number of aryl methyl sites for hydroxylation is 1. The lowest BCUT2D eigenvalue weighted by Crippen LogP contribution is -2.48. The van der Waals surface area contributed by atoms with E-state index in [4.69, 9.17) is 4.99 Å². The number of nitrogens with one attached hydrogen (secondary N) is 1. The zero-order valence-corrected chi connectivity index (χ0v) is 19.6. The molecule has 0 spiro atoms. The van der Waals surface area contributed by atoms with Crippen molar-refractivity contribution in [2.24, 2.45) is 12.0 Å². The molecule has 1 aromatic heterocycles. The Labute approximate surface area is 179 Å². The predicted molar refractivity (Wildman–Crippen MR) is 122 cm³/mol. The Morgan fingerprint density at radius 2 is 2.31 bits per heavy atom. The highest BCUT2D eigenvalue weighted by Gasteiger charge is 2.37. The van der Waals surface area contributed by atoms with Crippen molar-refractivity contribution in [1.29, 1.82) is 0 Å². The average Bonchev–Trinajstić information content (AvgIpc) is 3.31. The Kier molecular flexibility index (Phi) is 8.08. The highest BCUT2D eigenvalue weighted by molar-refractivity contribution is 14.0. The first-order valence-electron chi connectivity index (χ1n) is 9.31. The van der Waals surface area contributed by atoms with Crippen LogP contribution in [0.5, 0.6) is 0 Å². The molecule has 2 aliphatic rings. The number of aromatic nitrogens is 2. The first-order valence-corrected chi connectivity index (χ1v) is 10.5. The van der Waals surface area contributed by atoms with Gasteiger partial charge in [0, 0.05) is 50.1 Å². The molecule has 8 heteroatoms. The number of thioether (sulfide) groups is 1. The summed E-state index contributed by atoms with van der Waals surface area (Å²) in [6.45, 7) is 6.04. The lowest BCUT2D eigenvalue weighted by molar-refractivity contribution is 0.189. The van der Waals surface area contributed by atoms with E-state index in [9.17, 15) is 0 Å². The second-order valence-corrected chi connectivity index (χ2v) is 8.58. The maximum atomic E-state index is 5.06. The minimum atomic E-state index is 0. The molecule has 6 nitrogen and oxygen atoms in total. The molecule has 2 atom stereocenters.